The predicted molar refractivity (Wildman–Crippen MR) is 94.3 cm³/mol. The van der Waals surface area contributed by atoms with E-state index >= 15 is 0 Å². The summed E-state index contributed by atoms with van der Waals surface area (Å²) in [7, 11) is 1.59. The van der Waals surface area contributed by atoms with Crippen molar-refractivity contribution in [1.29, 1.82) is 0 Å². The van der Waals surface area contributed by atoms with Gasteiger partial charge in [0.2, 0.25) is 0 Å². The number of phenolic OH excluding ortho intramolecular Hbond substituents is 1. The molecule has 1 aliphatic heterocycles. The van der Waals surface area contributed by atoms with Gasteiger partial charge in [-0.05, 0) is 30.3 Å². The summed E-state index contributed by atoms with van der Waals surface area (Å²) in [5, 5.41) is 14.6. The third-order valence-corrected chi connectivity index (χ3v) is 4.15. The zero-order valence-corrected chi connectivity index (χ0v) is 13.9. The van der Waals surface area contributed by atoms with Gasteiger partial charge in [0.25, 0.3) is 0 Å². The quantitative estimate of drug-likeness (QED) is 0.616. The number of fused-ring (bicyclic) bond motifs is 1. The maximum Gasteiger partial charge on any atom is 0.519 e. The van der Waals surface area contributed by atoms with Crippen LogP contribution in [-0.4, -0.2) is 23.5 Å². The molecule has 4 rings (SSSR count). The molecule has 25 heavy (non-hydrogen) atoms. The molecule has 0 aliphatic carbocycles. The zero-order chi connectivity index (χ0) is 17.6. The summed E-state index contributed by atoms with van der Waals surface area (Å²) in [5.74, 6) is 0.207. The molecule has 0 saturated carbocycles. The van der Waals surface area contributed by atoms with E-state index in [4.69, 9.17) is 13.6 Å². The summed E-state index contributed by atoms with van der Waals surface area (Å²) in [4.78, 5) is 13.0. The van der Waals surface area contributed by atoms with Crippen molar-refractivity contribution in [2.75, 3.05) is 12.0 Å². The van der Waals surface area contributed by atoms with Crippen LogP contribution >= 0.6 is 12.6 Å². The number of phenols is 1. The van der Waals surface area contributed by atoms with E-state index in [1.807, 2.05) is 24.3 Å². The molecule has 3 aromatic rings. The normalized spacial score (nSPS) is 16.8. The van der Waals surface area contributed by atoms with Crippen LogP contribution in [0.25, 0.3) is 11.2 Å². The van der Waals surface area contributed by atoms with E-state index in [-0.39, 0.29) is 16.9 Å². The summed E-state index contributed by atoms with van der Waals surface area (Å²) in [5.41, 5.74) is 3.96. The first-order valence-corrected chi connectivity index (χ1v) is 7.80. The number of amidine groups is 1. The number of methoxy groups -OCH3 is 1. The molecule has 1 atom stereocenters. The summed E-state index contributed by atoms with van der Waals surface area (Å²) in [6.07, 6.45) is 0. The lowest BCUT2D eigenvalue weighted by atomic mass is 10.1. The molecule has 2 N–H and O–H groups in total. The lowest BCUT2D eigenvalue weighted by Gasteiger charge is -2.24. The molecule has 0 saturated heterocycles. The van der Waals surface area contributed by atoms with Crippen LogP contribution in [-0.2, 0) is 0 Å². The van der Waals surface area contributed by atoms with Crippen LogP contribution in [0.15, 0.2) is 55.1 Å². The molecule has 0 spiro atoms. The maximum atomic E-state index is 11.2. The van der Waals surface area contributed by atoms with E-state index in [2.05, 4.69) is 23.2 Å². The first-order chi connectivity index (χ1) is 12.1. The molecule has 0 bridgehead atoms. The number of rotatable bonds is 3. The van der Waals surface area contributed by atoms with Crippen molar-refractivity contribution in [3.63, 3.8) is 0 Å². The minimum absolute atomic E-state index is 0.0986. The molecule has 0 fully saturated rings. The Bertz CT molecular complexity index is 1020. The number of hydrogen-bond donors (Lipinski definition) is 3. The van der Waals surface area contributed by atoms with Crippen molar-refractivity contribution < 1.29 is 18.7 Å². The fraction of sp³-hybridized carbons (Fsp3) is 0.125. The molecule has 1 unspecified atom stereocenters. The Labute approximate surface area is 146 Å². The average molecular weight is 359 g/mol. The molecular weight excluding hydrogens is 346 g/mol. The number of aromatic hydroxyl groups is 1. The Morgan fingerprint density at radius 2 is 1.92 bits per heavy atom. The first kappa shape index (κ1) is 15.5. The highest BCUT2D eigenvalue weighted by molar-refractivity contribution is 7.81. The fourth-order valence-corrected chi connectivity index (χ4v) is 2.93. The predicted octanol–water partition coefficient (Wildman–Crippen LogP) is 2.08. The van der Waals surface area contributed by atoms with Crippen LogP contribution in [0.5, 0.6) is 11.5 Å². The van der Waals surface area contributed by atoms with Crippen molar-refractivity contribution in [1.82, 2.24) is 5.43 Å². The lowest BCUT2D eigenvalue weighted by molar-refractivity contribution is 0.409. The summed E-state index contributed by atoms with van der Waals surface area (Å²) in [6, 6.07) is 10.1. The van der Waals surface area contributed by atoms with Crippen molar-refractivity contribution in [2.24, 2.45) is 5.10 Å². The van der Waals surface area contributed by atoms with E-state index in [1.165, 1.54) is 12.1 Å². The van der Waals surface area contributed by atoms with Crippen molar-refractivity contribution in [2.45, 2.75) is 5.50 Å². The number of nitrogens with one attached hydrogen (secondary N) is 1. The monoisotopic (exact) mass is 359 g/mol. The summed E-state index contributed by atoms with van der Waals surface area (Å²) >= 11 is 4.46. The Balaban J connectivity index is 1.80. The highest BCUT2D eigenvalue weighted by atomic mass is 32.1. The molecule has 0 amide bonds. The van der Waals surface area contributed by atoms with Gasteiger partial charge in [-0.25, -0.2) is 4.79 Å². The topological polar surface area (TPSA) is 100 Å². The molecule has 1 aliphatic rings. The van der Waals surface area contributed by atoms with Crippen LogP contribution < -0.4 is 20.9 Å². The van der Waals surface area contributed by atoms with Gasteiger partial charge < -0.3 is 18.7 Å². The third-order valence-electron chi connectivity index (χ3n) is 3.80. The van der Waals surface area contributed by atoms with Gasteiger partial charge in [0, 0.05) is 11.8 Å². The highest BCUT2D eigenvalue weighted by Crippen LogP contribution is 2.31. The SMILES string of the molecule is COc1ccc(N2C(c3cc4oc(=O)oc4cc3O)=NNC2S)cc1. The van der Waals surface area contributed by atoms with Gasteiger partial charge in [-0.2, -0.15) is 5.10 Å². The van der Waals surface area contributed by atoms with Crippen LogP contribution in [0.3, 0.4) is 0 Å². The minimum Gasteiger partial charge on any atom is -0.507 e. The molecule has 2 aromatic carbocycles. The molecule has 0 radical (unpaired) electrons. The van der Waals surface area contributed by atoms with E-state index in [0.717, 1.165) is 11.4 Å². The largest absolute Gasteiger partial charge is 0.519 e. The van der Waals surface area contributed by atoms with Crippen LogP contribution in [0.2, 0.25) is 0 Å². The number of thiol groups is 1. The molecular formula is C16H13N3O5S. The number of ether oxygens (including phenoxy) is 1. The number of nitrogens with zero attached hydrogens (tertiary/aromatic N) is 2. The van der Waals surface area contributed by atoms with Crippen LogP contribution in [0.4, 0.5) is 5.69 Å². The summed E-state index contributed by atoms with van der Waals surface area (Å²) < 4.78 is 15.0. The fourth-order valence-electron chi connectivity index (χ4n) is 2.63. The maximum absolute atomic E-state index is 11.2. The third kappa shape index (κ3) is 2.58. The van der Waals surface area contributed by atoms with E-state index in [0.29, 0.717) is 11.4 Å². The Kier molecular flexibility index (Phi) is 3.57. The van der Waals surface area contributed by atoms with Gasteiger partial charge in [-0.1, -0.05) is 0 Å². The van der Waals surface area contributed by atoms with E-state index < -0.39 is 11.3 Å². The number of hydrogen-bond acceptors (Lipinski definition) is 9. The second kappa shape index (κ2) is 5.78. The van der Waals surface area contributed by atoms with Crippen molar-refractivity contribution in [3.05, 3.63) is 52.6 Å². The van der Waals surface area contributed by atoms with Gasteiger partial charge in [0.15, 0.2) is 22.5 Å². The van der Waals surface area contributed by atoms with Gasteiger partial charge in [-0.3, -0.25) is 10.3 Å². The van der Waals surface area contributed by atoms with Crippen LogP contribution in [0.1, 0.15) is 5.56 Å². The number of anilines is 1. The highest BCUT2D eigenvalue weighted by Gasteiger charge is 2.30. The van der Waals surface area contributed by atoms with Gasteiger partial charge in [0.1, 0.15) is 11.5 Å². The molecule has 128 valence electrons. The van der Waals surface area contributed by atoms with E-state index in [9.17, 15) is 9.90 Å². The van der Waals surface area contributed by atoms with Gasteiger partial charge >= 0.3 is 5.82 Å². The summed E-state index contributed by atoms with van der Waals surface area (Å²) in [6.45, 7) is 0. The zero-order valence-electron chi connectivity index (χ0n) is 13.0. The molecule has 8 nitrogen and oxygen atoms in total. The standard InChI is InChI=1S/C16H13N3O5S/c1-22-9-4-2-8(3-5-9)19-14(17-18-15(19)25)10-6-12-13(7-11(10)20)24-16(21)23-12/h2-7,15,18,20,25H,1H3. The Morgan fingerprint density at radius 1 is 1.24 bits per heavy atom. The van der Waals surface area contributed by atoms with E-state index in [1.54, 1.807) is 12.0 Å². The van der Waals surface area contributed by atoms with Gasteiger partial charge in [0.05, 0.1) is 12.7 Å². The lowest BCUT2D eigenvalue weighted by Crippen LogP contribution is -2.36. The second-order valence-electron chi connectivity index (χ2n) is 5.28. The molecule has 1 aromatic heterocycles. The van der Waals surface area contributed by atoms with Crippen molar-refractivity contribution in [3.8, 4) is 11.5 Å². The number of hydrazone groups is 1. The Morgan fingerprint density at radius 3 is 2.60 bits per heavy atom. The van der Waals surface area contributed by atoms with Gasteiger partial charge in [-0.15, -0.1) is 12.6 Å². The van der Waals surface area contributed by atoms with Crippen LogP contribution in [0, 0.1) is 0 Å². The second-order valence-corrected chi connectivity index (χ2v) is 5.77. The minimum atomic E-state index is -0.836. The Hall–Kier alpha value is -3.07. The average Bonchev–Trinajstić information content (AvgIpc) is 3.15. The van der Waals surface area contributed by atoms with Crippen molar-refractivity contribution >= 4 is 35.3 Å². The number of benzene rings is 2. The molecule has 9 heteroatoms. The molecule has 2 heterocycles. The smallest absolute Gasteiger partial charge is 0.507 e. The first-order valence-electron chi connectivity index (χ1n) is 7.28.